The zero-order chi connectivity index (χ0) is 33.0. The first-order chi connectivity index (χ1) is 24.8. The summed E-state index contributed by atoms with van der Waals surface area (Å²) in [6.45, 7) is 0. The van der Waals surface area contributed by atoms with Crippen LogP contribution in [0.25, 0.3) is 77.9 Å². The first-order valence-corrected chi connectivity index (χ1v) is 17.0. The van der Waals surface area contributed by atoms with E-state index in [0.717, 1.165) is 78.6 Å². The van der Waals surface area contributed by atoms with E-state index in [0.29, 0.717) is 0 Å². The number of rotatable bonds is 3. The molecule has 2 heterocycles. The van der Waals surface area contributed by atoms with Crippen LogP contribution in [0.4, 0.5) is 0 Å². The fraction of sp³-hybridized carbons (Fsp3) is 0. The average Bonchev–Trinajstić information content (AvgIpc) is 3.42. The Morgan fingerprint density at radius 2 is 0.460 bits per heavy atom. The van der Waals surface area contributed by atoms with E-state index in [-0.39, 0.29) is 0 Å². The van der Waals surface area contributed by atoms with Gasteiger partial charge in [-0.2, -0.15) is 0 Å². The highest BCUT2D eigenvalue weighted by molar-refractivity contribution is 5.96. The zero-order valence-electron chi connectivity index (χ0n) is 27.1. The molecule has 10 rings (SSSR count). The number of fused-ring (bicyclic) bond motifs is 10. The molecule has 0 amide bonds. The second kappa shape index (κ2) is 11.5. The van der Waals surface area contributed by atoms with Gasteiger partial charge < -0.3 is 9.47 Å². The molecular formula is C48H30O2. The second-order valence-corrected chi connectivity index (χ2v) is 12.9. The van der Waals surface area contributed by atoms with Crippen molar-refractivity contribution in [2.24, 2.45) is 0 Å². The molecule has 2 nitrogen and oxygen atoms in total. The molecule has 0 atom stereocenters. The molecular weight excluding hydrogens is 609 g/mol. The lowest BCUT2D eigenvalue weighted by molar-refractivity contribution is 0.487. The highest BCUT2D eigenvalue weighted by Crippen LogP contribution is 2.51. The number of ether oxygens (including phenoxy) is 2. The lowest BCUT2D eigenvalue weighted by Gasteiger charge is -2.14. The molecule has 0 bridgehead atoms. The van der Waals surface area contributed by atoms with Crippen LogP contribution >= 0.6 is 0 Å². The molecule has 2 aliphatic heterocycles. The lowest BCUT2D eigenvalue weighted by atomic mass is 9.90. The molecule has 0 aliphatic carbocycles. The average molecular weight is 639 g/mol. The SMILES string of the molecule is c1ccc(-c2ccc3c(c2)-c2ccccc2-c2cc(-c4ccc5c(c4)-c4ccccc4-c4cc(-c6ccccc6)ccc4O5)ccc2O3)cc1. The van der Waals surface area contributed by atoms with Gasteiger partial charge in [0.1, 0.15) is 23.0 Å². The van der Waals surface area contributed by atoms with Crippen LogP contribution in [0, 0.1) is 0 Å². The normalized spacial score (nSPS) is 11.9. The van der Waals surface area contributed by atoms with E-state index in [9.17, 15) is 0 Å². The van der Waals surface area contributed by atoms with Gasteiger partial charge in [0.15, 0.2) is 0 Å². The van der Waals surface area contributed by atoms with Gasteiger partial charge in [0, 0.05) is 22.3 Å². The third-order valence-corrected chi connectivity index (χ3v) is 9.92. The molecule has 2 aliphatic rings. The summed E-state index contributed by atoms with van der Waals surface area (Å²) in [6, 6.07) is 64.3. The molecule has 0 fully saturated rings. The summed E-state index contributed by atoms with van der Waals surface area (Å²) >= 11 is 0. The van der Waals surface area contributed by atoms with Crippen LogP contribution in [0.3, 0.4) is 0 Å². The van der Waals surface area contributed by atoms with Crippen molar-refractivity contribution in [1.29, 1.82) is 0 Å². The highest BCUT2D eigenvalue weighted by Gasteiger charge is 2.24. The predicted octanol–water partition coefficient (Wildman–Crippen LogP) is 13.6. The van der Waals surface area contributed by atoms with Crippen molar-refractivity contribution in [1.82, 2.24) is 0 Å². The van der Waals surface area contributed by atoms with Gasteiger partial charge in [-0.1, -0.05) is 133 Å². The van der Waals surface area contributed by atoms with Crippen LogP contribution in [-0.2, 0) is 0 Å². The predicted molar refractivity (Wildman–Crippen MR) is 205 cm³/mol. The summed E-state index contributed by atoms with van der Waals surface area (Å²) in [6.07, 6.45) is 0. The summed E-state index contributed by atoms with van der Waals surface area (Å²) < 4.78 is 13.4. The van der Waals surface area contributed by atoms with Gasteiger partial charge in [-0.05, 0) is 104 Å². The van der Waals surface area contributed by atoms with Crippen molar-refractivity contribution in [2.75, 3.05) is 0 Å². The Hall–Kier alpha value is -6.64. The molecule has 8 aromatic rings. The molecule has 2 heteroatoms. The van der Waals surface area contributed by atoms with Crippen molar-refractivity contribution in [3.63, 3.8) is 0 Å². The number of hydrogen-bond acceptors (Lipinski definition) is 2. The number of benzene rings is 8. The molecule has 0 N–H and O–H groups in total. The van der Waals surface area contributed by atoms with Gasteiger partial charge in [-0.3, -0.25) is 0 Å². The highest BCUT2D eigenvalue weighted by atomic mass is 16.5. The van der Waals surface area contributed by atoms with Crippen molar-refractivity contribution < 1.29 is 9.47 Å². The van der Waals surface area contributed by atoms with Crippen LogP contribution in [0.1, 0.15) is 0 Å². The van der Waals surface area contributed by atoms with Crippen LogP contribution in [0.5, 0.6) is 23.0 Å². The van der Waals surface area contributed by atoms with E-state index in [4.69, 9.17) is 9.47 Å². The van der Waals surface area contributed by atoms with E-state index in [1.165, 1.54) is 22.3 Å². The van der Waals surface area contributed by atoms with Crippen LogP contribution < -0.4 is 9.47 Å². The van der Waals surface area contributed by atoms with Crippen molar-refractivity contribution in [3.05, 3.63) is 182 Å². The maximum atomic E-state index is 6.68. The maximum Gasteiger partial charge on any atom is 0.135 e. The van der Waals surface area contributed by atoms with Gasteiger partial charge in [0.2, 0.25) is 0 Å². The summed E-state index contributed by atoms with van der Waals surface area (Å²) in [7, 11) is 0. The quantitative estimate of drug-likeness (QED) is 0.192. The summed E-state index contributed by atoms with van der Waals surface area (Å²) in [5, 5.41) is 0. The molecule has 0 saturated carbocycles. The molecule has 0 spiro atoms. The van der Waals surface area contributed by atoms with Crippen molar-refractivity contribution in [3.8, 4) is 101 Å². The van der Waals surface area contributed by atoms with E-state index in [2.05, 4.69) is 182 Å². The fourth-order valence-corrected chi connectivity index (χ4v) is 7.44. The van der Waals surface area contributed by atoms with Crippen molar-refractivity contribution in [2.45, 2.75) is 0 Å². The minimum Gasteiger partial charge on any atom is -0.456 e. The van der Waals surface area contributed by atoms with Crippen molar-refractivity contribution >= 4 is 0 Å². The molecule has 50 heavy (non-hydrogen) atoms. The van der Waals surface area contributed by atoms with Crippen LogP contribution in [0.15, 0.2) is 182 Å². The molecule has 0 aromatic heterocycles. The van der Waals surface area contributed by atoms with Crippen LogP contribution in [0.2, 0.25) is 0 Å². The number of hydrogen-bond donors (Lipinski definition) is 0. The van der Waals surface area contributed by atoms with E-state index < -0.39 is 0 Å². The fourth-order valence-electron chi connectivity index (χ4n) is 7.44. The summed E-state index contributed by atoms with van der Waals surface area (Å²) in [4.78, 5) is 0. The van der Waals surface area contributed by atoms with Gasteiger partial charge in [-0.25, -0.2) is 0 Å². The van der Waals surface area contributed by atoms with E-state index in [1.807, 2.05) is 0 Å². The van der Waals surface area contributed by atoms with E-state index in [1.54, 1.807) is 0 Å². The summed E-state index contributed by atoms with van der Waals surface area (Å²) in [5.74, 6) is 3.41. The summed E-state index contributed by atoms with van der Waals surface area (Å²) in [5.41, 5.74) is 15.9. The van der Waals surface area contributed by atoms with Gasteiger partial charge in [0.05, 0.1) is 0 Å². The Bertz CT molecular complexity index is 2400. The van der Waals surface area contributed by atoms with Gasteiger partial charge >= 0.3 is 0 Å². The third-order valence-electron chi connectivity index (χ3n) is 9.92. The molecule has 0 radical (unpaired) electrons. The minimum atomic E-state index is 0.848. The van der Waals surface area contributed by atoms with Gasteiger partial charge in [-0.15, -0.1) is 0 Å². The maximum absolute atomic E-state index is 6.68. The molecule has 8 aromatic carbocycles. The van der Waals surface area contributed by atoms with E-state index >= 15 is 0 Å². The Kier molecular flexibility index (Phi) is 6.53. The molecule has 234 valence electrons. The third kappa shape index (κ3) is 4.73. The first-order valence-electron chi connectivity index (χ1n) is 17.0. The topological polar surface area (TPSA) is 18.5 Å². The second-order valence-electron chi connectivity index (χ2n) is 12.9. The Morgan fingerprint density at radius 3 is 0.760 bits per heavy atom. The largest absolute Gasteiger partial charge is 0.456 e. The molecule has 0 saturated heterocycles. The van der Waals surface area contributed by atoms with Crippen LogP contribution in [-0.4, -0.2) is 0 Å². The smallest absolute Gasteiger partial charge is 0.135 e. The zero-order valence-corrected chi connectivity index (χ0v) is 27.1. The Labute approximate surface area is 291 Å². The lowest BCUT2D eigenvalue weighted by Crippen LogP contribution is -1.90. The Balaban J connectivity index is 1.08. The Morgan fingerprint density at radius 1 is 0.200 bits per heavy atom. The van der Waals surface area contributed by atoms with Gasteiger partial charge in [0.25, 0.3) is 0 Å². The standard InChI is InChI=1S/C48H30O2/c1-3-11-31(12-4-1)33-19-23-45-41(27-33)37-15-7-9-17-39(37)43-29-35(21-25-47(43)49-45)36-22-26-48-44(30-36)40-18-10-8-16-38(40)42-28-34(20-24-46(42)50-48)32-13-5-2-6-14-32/h1-30H. The monoisotopic (exact) mass is 638 g/mol. The molecule has 0 unspecified atom stereocenters. The minimum absolute atomic E-state index is 0.848. The first kappa shape index (κ1) is 28.4.